The van der Waals surface area contributed by atoms with Crippen LogP contribution < -0.4 is 10.1 Å². The van der Waals surface area contributed by atoms with Crippen molar-refractivity contribution in [3.63, 3.8) is 0 Å². The van der Waals surface area contributed by atoms with Crippen LogP contribution in [0, 0.1) is 5.82 Å². The fourth-order valence-corrected chi connectivity index (χ4v) is 2.81. The molecular weight excluding hydrogens is 375 g/mol. The molecule has 0 bridgehead atoms. The van der Waals surface area contributed by atoms with Gasteiger partial charge in [-0.2, -0.15) is 0 Å². The van der Waals surface area contributed by atoms with E-state index in [1.165, 1.54) is 6.07 Å². The number of piperidine rings is 1. The molecule has 1 atom stereocenters. The molecule has 2 rings (SSSR count). The van der Waals surface area contributed by atoms with E-state index < -0.39 is 17.5 Å². The number of nitrogens with one attached hydrogen (secondary N) is 1. The lowest BCUT2D eigenvalue weighted by molar-refractivity contribution is 0.0124. The molecular formula is C19H28ClFN2O4. The maximum atomic E-state index is 14.3. The van der Waals surface area contributed by atoms with Crippen molar-refractivity contribution in [3.05, 3.63) is 24.0 Å². The van der Waals surface area contributed by atoms with Crippen molar-refractivity contribution in [2.75, 3.05) is 30.8 Å². The van der Waals surface area contributed by atoms with Gasteiger partial charge in [0.2, 0.25) is 0 Å². The molecule has 0 saturated carbocycles. The standard InChI is InChI=1S/C19H28ClFN2O4/c1-19(2,3)27-18(25)23-9-7-14(8-10-23)26-17-15(21)5-4-6-16(17)22-12-13(24)11-20/h4-6,13-14,22,24H,7-12H2,1-3H3. The van der Waals surface area contributed by atoms with Gasteiger partial charge in [0, 0.05) is 32.5 Å². The molecule has 1 amide bonds. The first-order valence-corrected chi connectivity index (χ1v) is 9.64. The van der Waals surface area contributed by atoms with E-state index in [-0.39, 0.29) is 30.4 Å². The highest BCUT2D eigenvalue weighted by atomic mass is 35.5. The van der Waals surface area contributed by atoms with Crippen LogP contribution in [0.15, 0.2) is 18.2 Å². The molecule has 1 saturated heterocycles. The van der Waals surface area contributed by atoms with Crippen molar-refractivity contribution < 1.29 is 23.8 Å². The Balaban J connectivity index is 1.94. The molecule has 1 aromatic carbocycles. The first-order chi connectivity index (χ1) is 12.7. The molecule has 2 N–H and O–H groups in total. The van der Waals surface area contributed by atoms with E-state index in [0.29, 0.717) is 31.6 Å². The predicted molar refractivity (Wildman–Crippen MR) is 103 cm³/mol. The van der Waals surface area contributed by atoms with Crippen molar-refractivity contribution in [1.82, 2.24) is 4.90 Å². The third kappa shape index (κ3) is 6.74. The molecule has 27 heavy (non-hydrogen) atoms. The number of aliphatic hydroxyl groups is 1. The van der Waals surface area contributed by atoms with E-state index in [1.54, 1.807) is 17.0 Å². The summed E-state index contributed by atoms with van der Waals surface area (Å²) in [6, 6.07) is 4.59. The summed E-state index contributed by atoms with van der Waals surface area (Å²) < 4.78 is 25.5. The summed E-state index contributed by atoms with van der Waals surface area (Å²) in [5.41, 5.74) is -0.0695. The van der Waals surface area contributed by atoms with E-state index in [4.69, 9.17) is 21.1 Å². The van der Waals surface area contributed by atoms with Crippen LogP contribution in [0.1, 0.15) is 33.6 Å². The lowest BCUT2D eigenvalue weighted by Crippen LogP contribution is -2.44. The molecule has 152 valence electrons. The summed E-state index contributed by atoms with van der Waals surface area (Å²) in [4.78, 5) is 13.8. The Labute approximate surface area is 164 Å². The van der Waals surface area contributed by atoms with Gasteiger partial charge in [0.25, 0.3) is 0 Å². The number of hydrogen-bond acceptors (Lipinski definition) is 5. The zero-order chi connectivity index (χ0) is 20.0. The summed E-state index contributed by atoms with van der Waals surface area (Å²) in [6.07, 6.45) is -0.127. The van der Waals surface area contributed by atoms with Crippen molar-refractivity contribution in [2.45, 2.75) is 51.4 Å². The van der Waals surface area contributed by atoms with Crippen LogP contribution in [-0.2, 0) is 4.74 Å². The highest BCUT2D eigenvalue weighted by Gasteiger charge is 2.28. The third-order valence-electron chi connectivity index (χ3n) is 4.05. The Morgan fingerprint density at radius 2 is 2.07 bits per heavy atom. The van der Waals surface area contributed by atoms with Crippen molar-refractivity contribution in [3.8, 4) is 5.75 Å². The van der Waals surface area contributed by atoms with Crippen LogP contribution in [0.25, 0.3) is 0 Å². The number of aliphatic hydroxyl groups excluding tert-OH is 1. The van der Waals surface area contributed by atoms with Gasteiger partial charge in [0.1, 0.15) is 11.7 Å². The fourth-order valence-electron chi connectivity index (χ4n) is 2.70. The van der Waals surface area contributed by atoms with E-state index >= 15 is 0 Å². The molecule has 6 nitrogen and oxygen atoms in total. The lowest BCUT2D eigenvalue weighted by Gasteiger charge is -2.33. The molecule has 0 radical (unpaired) electrons. The second kappa shape index (κ2) is 9.46. The maximum Gasteiger partial charge on any atom is 0.410 e. The molecule has 1 aliphatic heterocycles. The molecule has 1 unspecified atom stereocenters. The molecule has 1 heterocycles. The highest BCUT2D eigenvalue weighted by molar-refractivity contribution is 6.18. The largest absolute Gasteiger partial charge is 0.485 e. The van der Waals surface area contributed by atoms with Crippen LogP contribution in [0.5, 0.6) is 5.75 Å². The van der Waals surface area contributed by atoms with Gasteiger partial charge in [-0.3, -0.25) is 0 Å². The number of amides is 1. The number of carbonyl (C=O) groups is 1. The molecule has 1 aliphatic rings. The Morgan fingerprint density at radius 1 is 1.41 bits per heavy atom. The summed E-state index contributed by atoms with van der Waals surface area (Å²) in [6.45, 7) is 6.65. The van der Waals surface area contributed by atoms with Gasteiger partial charge in [-0.05, 0) is 32.9 Å². The number of ether oxygens (including phenoxy) is 2. The molecule has 0 aliphatic carbocycles. The van der Waals surface area contributed by atoms with E-state index in [0.717, 1.165) is 0 Å². The lowest BCUT2D eigenvalue weighted by atomic mass is 10.1. The smallest absolute Gasteiger partial charge is 0.410 e. The third-order valence-corrected chi connectivity index (χ3v) is 4.41. The zero-order valence-corrected chi connectivity index (χ0v) is 16.8. The Kier molecular flexibility index (Phi) is 7.56. The summed E-state index contributed by atoms with van der Waals surface area (Å²) in [7, 11) is 0. The number of alkyl halides is 1. The van der Waals surface area contributed by atoms with Crippen molar-refractivity contribution in [2.24, 2.45) is 0 Å². The average Bonchev–Trinajstić information content (AvgIpc) is 2.61. The van der Waals surface area contributed by atoms with Crippen LogP contribution in [-0.4, -0.2) is 59.4 Å². The fraction of sp³-hybridized carbons (Fsp3) is 0.632. The average molecular weight is 403 g/mol. The first-order valence-electron chi connectivity index (χ1n) is 9.10. The minimum Gasteiger partial charge on any atom is -0.485 e. The minimum atomic E-state index is -0.736. The second-order valence-electron chi connectivity index (χ2n) is 7.59. The van der Waals surface area contributed by atoms with Gasteiger partial charge in [-0.1, -0.05) is 6.07 Å². The Hall–Kier alpha value is -1.73. The molecule has 8 heteroatoms. The normalized spacial score (nSPS) is 16.7. The molecule has 0 spiro atoms. The SMILES string of the molecule is CC(C)(C)OC(=O)N1CCC(Oc2c(F)cccc2NCC(O)CCl)CC1. The van der Waals surface area contributed by atoms with E-state index in [9.17, 15) is 14.3 Å². The Morgan fingerprint density at radius 3 is 2.67 bits per heavy atom. The number of benzene rings is 1. The number of nitrogens with zero attached hydrogens (tertiary/aromatic N) is 1. The van der Waals surface area contributed by atoms with Gasteiger partial charge in [0.15, 0.2) is 11.6 Å². The number of likely N-dealkylation sites (tertiary alicyclic amines) is 1. The zero-order valence-electron chi connectivity index (χ0n) is 16.0. The number of carbonyl (C=O) groups excluding carboxylic acids is 1. The summed E-state index contributed by atoms with van der Waals surface area (Å²) in [5, 5.41) is 12.5. The quantitative estimate of drug-likeness (QED) is 0.711. The summed E-state index contributed by atoms with van der Waals surface area (Å²) in [5.74, 6) is -0.272. The van der Waals surface area contributed by atoms with Crippen molar-refractivity contribution >= 4 is 23.4 Å². The topological polar surface area (TPSA) is 71.0 Å². The molecule has 1 fully saturated rings. The molecule has 0 aromatic heterocycles. The van der Waals surface area contributed by atoms with Crippen LogP contribution in [0.2, 0.25) is 0 Å². The number of anilines is 1. The predicted octanol–water partition coefficient (Wildman–Crippen LogP) is 3.62. The van der Waals surface area contributed by atoms with Gasteiger partial charge in [-0.15, -0.1) is 11.6 Å². The number of hydrogen-bond donors (Lipinski definition) is 2. The minimum absolute atomic E-state index is 0.0850. The van der Waals surface area contributed by atoms with Gasteiger partial charge in [-0.25, -0.2) is 9.18 Å². The Bertz CT molecular complexity index is 631. The number of para-hydroxylation sites is 1. The maximum absolute atomic E-state index is 14.3. The monoisotopic (exact) mass is 402 g/mol. The van der Waals surface area contributed by atoms with Crippen molar-refractivity contribution in [1.29, 1.82) is 0 Å². The second-order valence-corrected chi connectivity index (χ2v) is 7.90. The summed E-state index contributed by atoms with van der Waals surface area (Å²) >= 11 is 5.59. The van der Waals surface area contributed by atoms with Gasteiger partial charge < -0.3 is 24.8 Å². The van der Waals surface area contributed by atoms with Crippen LogP contribution in [0.3, 0.4) is 0 Å². The highest BCUT2D eigenvalue weighted by Crippen LogP contribution is 2.31. The number of rotatable bonds is 6. The van der Waals surface area contributed by atoms with Crippen LogP contribution >= 0.6 is 11.6 Å². The van der Waals surface area contributed by atoms with E-state index in [2.05, 4.69) is 5.32 Å². The van der Waals surface area contributed by atoms with Crippen LogP contribution in [0.4, 0.5) is 14.9 Å². The molecule has 1 aromatic rings. The first kappa shape index (κ1) is 21.6. The van der Waals surface area contributed by atoms with Gasteiger partial charge >= 0.3 is 6.09 Å². The number of halogens is 2. The van der Waals surface area contributed by atoms with E-state index in [1.807, 2.05) is 20.8 Å². The van der Waals surface area contributed by atoms with Gasteiger partial charge in [0.05, 0.1) is 17.7 Å².